The maximum Gasteiger partial charge on any atom is 0.265 e. The van der Waals surface area contributed by atoms with Crippen LogP contribution in [0.2, 0.25) is 5.02 Å². The minimum absolute atomic E-state index is 0.0935. The van der Waals surface area contributed by atoms with E-state index < -0.39 is 0 Å². The molecular weight excluding hydrogens is 296 g/mol. The largest absolute Gasteiger partial charge is 0.283 e. The van der Waals surface area contributed by atoms with Crippen LogP contribution >= 0.6 is 11.6 Å². The first-order chi connectivity index (χ1) is 10.8. The van der Waals surface area contributed by atoms with Gasteiger partial charge >= 0.3 is 0 Å². The van der Waals surface area contributed by atoms with Gasteiger partial charge in [0, 0.05) is 28.2 Å². The third kappa shape index (κ3) is 1.90. The molecule has 3 nitrogen and oxygen atoms in total. The lowest BCUT2D eigenvalue weighted by Crippen LogP contribution is -2.16. The van der Waals surface area contributed by atoms with Crippen molar-refractivity contribution in [3.63, 3.8) is 0 Å². The Balaban J connectivity index is 2.29. The molecule has 0 aliphatic carbocycles. The van der Waals surface area contributed by atoms with Gasteiger partial charge in [0.1, 0.15) is 0 Å². The highest BCUT2D eigenvalue weighted by molar-refractivity contribution is 6.31. The first-order valence-electron chi connectivity index (χ1n) is 6.90. The van der Waals surface area contributed by atoms with E-state index in [1.54, 1.807) is 16.8 Å². The smallest absolute Gasteiger partial charge is 0.265 e. The van der Waals surface area contributed by atoms with Crippen molar-refractivity contribution in [2.45, 2.75) is 0 Å². The monoisotopic (exact) mass is 306 g/mol. The van der Waals surface area contributed by atoms with Gasteiger partial charge in [0.05, 0.1) is 16.8 Å². The lowest BCUT2D eigenvalue weighted by molar-refractivity contribution is 1.11. The average molecular weight is 307 g/mol. The molecule has 4 heteroatoms. The normalized spacial score (nSPS) is 11.1. The third-order valence-corrected chi connectivity index (χ3v) is 3.98. The first kappa shape index (κ1) is 13.0. The molecule has 0 amide bonds. The van der Waals surface area contributed by atoms with Crippen molar-refractivity contribution in [3.05, 3.63) is 82.4 Å². The molecule has 0 radical (unpaired) electrons. The fourth-order valence-corrected chi connectivity index (χ4v) is 2.95. The van der Waals surface area contributed by atoms with E-state index in [1.807, 2.05) is 54.6 Å². The molecule has 0 unspecified atom stereocenters. The Bertz CT molecular complexity index is 1060. The highest BCUT2D eigenvalue weighted by atomic mass is 35.5. The average Bonchev–Trinajstić information content (AvgIpc) is 2.56. The van der Waals surface area contributed by atoms with Crippen molar-refractivity contribution >= 4 is 27.9 Å². The lowest BCUT2D eigenvalue weighted by Gasteiger charge is -2.11. The summed E-state index contributed by atoms with van der Waals surface area (Å²) in [6.07, 6.45) is 3.46. The van der Waals surface area contributed by atoms with Gasteiger partial charge in [0.2, 0.25) is 0 Å². The van der Waals surface area contributed by atoms with E-state index >= 15 is 0 Å². The molecule has 0 saturated carbocycles. The van der Waals surface area contributed by atoms with Gasteiger partial charge in [-0.3, -0.25) is 14.2 Å². The van der Waals surface area contributed by atoms with Crippen LogP contribution in [0.3, 0.4) is 0 Å². The number of benzene rings is 1. The van der Waals surface area contributed by atoms with E-state index in [0.717, 1.165) is 16.3 Å². The number of nitrogens with zero attached hydrogens (tertiary/aromatic N) is 2. The zero-order chi connectivity index (χ0) is 15.1. The molecule has 22 heavy (non-hydrogen) atoms. The number of hydrogen-bond donors (Lipinski definition) is 0. The summed E-state index contributed by atoms with van der Waals surface area (Å²) < 4.78 is 1.65. The van der Waals surface area contributed by atoms with Gasteiger partial charge in [-0.25, -0.2) is 0 Å². The fourth-order valence-electron chi connectivity index (χ4n) is 2.78. The predicted molar refractivity (Wildman–Crippen MR) is 89.4 cm³/mol. The number of fused-ring (bicyclic) bond motifs is 3. The van der Waals surface area contributed by atoms with Crippen LogP contribution in [0.5, 0.6) is 0 Å². The zero-order valence-corrected chi connectivity index (χ0v) is 12.3. The van der Waals surface area contributed by atoms with Crippen LogP contribution in [0.25, 0.3) is 27.5 Å². The van der Waals surface area contributed by atoms with Crippen LogP contribution in [-0.4, -0.2) is 9.38 Å². The standard InChI is InChI=1S/C18H11ClN2O/c19-12-7-8-13-14(11-12)17(15-5-1-3-9-20-15)18(22)21-10-4-2-6-16(13)21/h1-11H. The molecule has 0 fully saturated rings. The van der Waals surface area contributed by atoms with E-state index in [4.69, 9.17) is 11.6 Å². The van der Waals surface area contributed by atoms with Crippen molar-refractivity contribution in [1.82, 2.24) is 9.38 Å². The van der Waals surface area contributed by atoms with Crippen molar-refractivity contribution in [2.24, 2.45) is 0 Å². The molecule has 0 aliphatic heterocycles. The van der Waals surface area contributed by atoms with Crippen molar-refractivity contribution in [3.8, 4) is 11.3 Å². The molecule has 106 valence electrons. The summed E-state index contributed by atoms with van der Waals surface area (Å²) in [7, 11) is 0. The van der Waals surface area contributed by atoms with Gasteiger partial charge in [-0.05, 0) is 36.4 Å². The second-order valence-corrected chi connectivity index (χ2v) is 5.48. The molecule has 0 spiro atoms. The summed E-state index contributed by atoms with van der Waals surface area (Å²) >= 11 is 6.15. The highest BCUT2D eigenvalue weighted by Crippen LogP contribution is 2.29. The molecule has 0 saturated heterocycles. The molecule has 0 aliphatic rings. The third-order valence-electron chi connectivity index (χ3n) is 3.74. The molecule has 4 rings (SSSR count). The number of rotatable bonds is 1. The number of halogens is 1. The second kappa shape index (κ2) is 4.97. The molecule has 0 bridgehead atoms. The minimum Gasteiger partial charge on any atom is -0.283 e. The summed E-state index contributed by atoms with van der Waals surface area (Å²) in [4.78, 5) is 17.3. The minimum atomic E-state index is -0.0935. The summed E-state index contributed by atoms with van der Waals surface area (Å²) in [5, 5.41) is 2.40. The summed E-state index contributed by atoms with van der Waals surface area (Å²) in [5.74, 6) is 0. The van der Waals surface area contributed by atoms with Crippen LogP contribution in [0, 0.1) is 0 Å². The quantitative estimate of drug-likeness (QED) is 0.495. The molecule has 1 aromatic carbocycles. The van der Waals surface area contributed by atoms with Crippen LogP contribution < -0.4 is 5.56 Å². The van der Waals surface area contributed by atoms with Gasteiger partial charge in [-0.2, -0.15) is 0 Å². The van der Waals surface area contributed by atoms with Crippen molar-refractivity contribution in [1.29, 1.82) is 0 Å². The van der Waals surface area contributed by atoms with E-state index in [-0.39, 0.29) is 5.56 Å². The Morgan fingerprint density at radius 2 is 1.82 bits per heavy atom. The molecule has 3 heterocycles. The maximum absolute atomic E-state index is 12.9. The van der Waals surface area contributed by atoms with Crippen molar-refractivity contribution < 1.29 is 0 Å². The highest BCUT2D eigenvalue weighted by Gasteiger charge is 2.14. The van der Waals surface area contributed by atoms with Crippen LogP contribution in [0.15, 0.2) is 71.8 Å². The van der Waals surface area contributed by atoms with Crippen LogP contribution in [0.4, 0.5) is 0 Å². The molecule has 0 atom stereocenters. The van der Waals surface area contributed by atoms with Crippen LogP contribution in [0.1, 0.15) is 0 Å². The van der Waals surface area contributed by atoms with E-state index in [9.17, 15) is 4.79 Å². The predicted octanol–water partition coefficient (Wildman–Crippen LogP) is 4.17. The van der Waals surface area contributed by atoms with E-state index in [0.29, 0.717) is 16.3 Å². The van der Waals surface area contributed by atoms with Gasteiger partial charge in [0.15, 0.2) is 0 Å². The topological polar surface area (TPSA) is 34.4 Å². The second-order valence-electron chi connectivity index (χ2n) is 5.04. The first-order valence-corrected chi connectivity index (χ1v) is 7.27. The zero-order valence-electron chi connectivity index (χ0n) is 11.5. The summed E-state index contributed by atoms with van der Waals surface area (Å²) in [6, 6.07) is 16.8. The Morgan fingerprint density at radius 3 is 2.64 bits per heavy atom. The van der Waals surface area contributed by atoms with E-state index in [2.05, 4.69) is 4.98 Å². The van der Waals surface area contributed by atoms with Gasteiger partial charge in [-0.1, -0.05) is 29.8 Å². The number of pyridine rings is 3. The Kier molecular flexibility index (Phi) is 2.94. The summed E-state index contributed by atoms with van der Waals surface area (Å²) in [5.41, 5.74) is 1.99. The summed E-state index contributed by atoms with van der Waals surface area (Å²) in [6.45, 7) is 0. The fraction of sp³-hybridized carbons (Fsp3) is 0. The Morgan fingerprint density at radius 1 is 0.955 bits per heavy atom. The molecule has 4 aromatic rings. The van der Waals surface area contributed by atoms with Gasteiger partial charge in [-0.15, -0.1) is 0 Å². The van der Waals surface area contributed by atoms with Crippen molar-refractivity contribution in [2.75, 3.05) is 0 Å². The Labute approximate surface area is 131 Å². The molecule has 3 aromatic heterocycles. The molecule has 0 N–H and O–H groups in total. The Hall–Kier alpha value is -2.65. The van der Waals surface area contributed by atoms with Gasteiger partial charge < -0.3 is 0 Å². The number of hydrogen-bond acceptors (Lipinski definition) is 2. The van der Waals surface area contributed by atoms with Gasteiger partial charge in [0.25, 0.3) is 5.56 Å². The number of aromatic nitrogens is 2. The maximum atomic E-state index is 12.9. The lowest BCUT2D eigenvalue weighted by atomic mass is 10.0. The van der Waals surface area contributed by atoms with E-state index in [1.165, 1.54) is 0 Å². The SMILES string of the molecule is O=c1c(-c2ccccn2)c2cc(Cl)ccc2c2ccccn12. The van der Waals surface area contributed by atoms with Crippen LogP contribution in [-0.2, 0) is 0 Å². The molecular formula is C18H11ClN2O.